The Morgan fingerprint density at radius 2 is 1.66 bits per heavy atom. The molecule has 29 heavy (non-hydrogen) atoms. The van der Waals surface area contributed by atoms with Crippen LogP contribution in [0.1, 0.15) is 52.5 Å². The Morgan fingerprint density at radius 3 is 2.31 bits per heavy atom. The first kappa shape index (κ1) is 20.2. The third-order valence-electron chi connectivity index (χ3n) is 6.25. The molecule has 1 aliphatic carbocycles. The van der Waals surface area contributed by atoms with E-state index in [9.17, 15) is 9.18 Å². The van der Waals surface area contributed by atoms with Gasteiger partial charge in [0.15, 0.2) is 0 Å². The molecule has 1 aromatic carbocycles. The molecule has 0 atom stereocenters. The Hall–Kier alpha value is -2.08. The van der Waals surface area contributed by atoms with Crippen LogP contribution in [0.15, 0.2) is 30.5 Å². The molecule has 0 spiro atoms. The van der Waals surface area contributed by atoms with Gasteiger partial charge in [-0.05, 0) is 64.7 Å². The van der Waals surface area contributed by atoms with Crippen LogP contribution in [0.2, 0.25) is 0 Å². The van der Waals surface area contributed by atoms with Crippen molar-refractivity contribution >= 4 is 17.0 Å². The maximum atomic E-state index is 14.0. The molecule has 1 amide bonds. The average molecular weight is 402 g/mol. The maximum Gasteiger partial charge on any atom is 0.410 e. The van der Waals surface area contributed by atoms with Crippen LogP contribution in [0.25, 0.3) is 10.9 Å². The first-order chi connectivity index (χ1) is 13.8. The lowest BCUT2D eigenvalue weighted by atomic mass is 9.89. The standard InChI is InChI=1S/C23H32FN3O2/c1-23(2,3)29-22(28)26-15-13-25(14-16-26)17-7-9-18(10-8-17)27-12-11-19-20(24)5-4-6-21(19)27/h4-6,11-12,17-18H,7-10,13-16H2,1-3H3/t17-,18+. The van der Waals surface area contributed by atoms with Gasteiger partial charge in [-0.2, -0.15) is 0 Å². The highest BCUT2D eigenvalue weighted by atomic mass is 19.1. The largest absolute Gasteiger partial charge is 0.444 e. The molecule has 4 rings (SSSR count). The smallest absolute Gasteiger partial charge is 0.410 e. The topological polar surface area (TPSA) is 37.7 Å². The summed E-state index contributed by atoms with van der Waals surface area (Å²) in [5.41, 5.74) is 0.553. The fourth-order valence-corrected chi connectivity index (χ4v) is 4.77. The molecule has 2 aliphatic rings. The molecule has 6 heteroatoms. The zero-order chi connectivity index (χ0) is 20.6. The Bertz CT molecular complexity index is 857. The number of benzene rings is 1. The van der Waals surface area contributed by atoms with Crippen LogP contribution in [-0.4, -0.2) is 58.3 Å². The number of halogens is 1. The Balaban J connectivity index is 1.30. The second-order valence-corrected chi connectivity index (χ2v) is 9.36. The van der Waals surface area contributed by atoms with E-state index < -0.39 is 5.60 Å². The summed E-state index contributed by atoms with van der Waals surface area (Å²) >= 11 is 0. The summed E-state index contributed by atoms with van der Waals surface area (Å²) in [5, 5.41) is 0.716. The third-order valence-corrected chi connectivity index (χ3v) is 6.25. The molecule has 0 radical (unpaired) electrons. The van der Waals surface area contributed by atoms with E-state index in [2.05, 4.69) is 9.47 Å². The van der Waals surface area contributed by atoms with Gasteiger partial charge in [0.05, 0.1) is 5.52 Å². The van der Waals surface area contributed by atoms with Crippen molar-refractivity contribution in [1.29, 1.82) is 0 Å². The Morgan fingerprint density at radius 1 is 1.00 bits per heavy atom. The maximum absolute atomic E-state index is 14.0. The lowest BCUT2D eigenvalue weighted by molar-refractivity contribution is 0.00739. The normalized spacial score (nSPS) is 24.1. The molecule has 0 unspecified atom stereocenters. The predicted octanol–water partition coefficient (Wildman–Crippen LogP) is 4.82. The van der Waals surface area contributed by atoms with Crippen molar-refractivity contribution in [2.24, 2.45) is 0 Å². The molecule has 1 saturated carbocycles. The minimum atomic E-state index is -0.446. The van der Waals surface area contributed by atoms with Crippen molar-refractivity contribution in [3.05, 3.63) is 36.3 Å². The van der Waals surface area contributed by atoms with Crippen molar-refractivity contribution in [1.82, 2.24) is 14.4 Å². The van der Waals surface area contributed by atoms with E-state index in [0.29, 0.717) is 17.5 Å². The molecule has 5 nitrogen and oxygen atoms in total. The molecule has 1 aliphatic heterocycles. The fraction of sp³-hybridized carbons (Fsp3) is 0.609. The zero-order valence-corrected chi connectivity index (χ0v) is 17.7. The molecule has 1 aromatic heterocycles. The lowest BCUT2D eigenvalue weighted by Crippen LogP contribution is -2.53. The molecule has 0 bridgehead atoms. The first-order valence-electron chi connectivity index (χ1n) is 10.8. The average Bonchev–Trinajstić information content (AvgIpc) is 3.12. The van der Waals surface area contributed by atoms with Crippen LogP contribution in [0, 0.1) is 5.82 Å². The van der Waals surface area contributed by atoms with Gasteiger partial charge < -0.3 is 14.2 Å². The summed E-state index contributed by atoms with van der Waals surface area (Å²) in [4.78, 5) is 16.6. The molecular formula is C23H32FN3O2. The number of aromatic nitrogens is 1. The number of rotatable bonds is 2. The summed E-state index contributed by atoms with van der Waals surface area (Å²) in [6.07, 6.45) is 6.35. The molecular weight excluding hydrogens is 369 g/mol. The van der Waals surface area contributed by atoms with Crippen LogP contribution in [0.5, 0.6) is 0 Å². The molecule has 0 N–H and O–H groups in total. The van der Waals surface area contributed by atoms with Gasteiger partial charge in [0.25, 0.3) is 0 Å². The quantitative estimate of drug-likeness (QED) is 0.724. The van der Waals surface area contributed by atoms with Gasteiger partial charge in [-0.1, -0.05) is 6.07 Å². The van der Waals surface area contributed by atoms with Gasteiger partial charge in [0, 0.05) is 49.8 Å². The van der Waals surface area contributed by atoms with Crippen molar-refractivity contribution in [2.45, 2.75) is 64.1 Å². The van der Waals surface area contributed by atoms with E-state index in [0.717, 1.165) is 57.4 Å². The second kappa shape index (κ2) is 7.98. The van der Waals surface area contributed by atoms with Gasteiger partial charge in [0.1, 0.15) is 11.4 Å². The van der Waals surface area contributed by atoms with E-state index in [4.69, 9.17) is 4.74 Å². The van der Waals surface area contributed by atoms with Crippen LogP contribution in [-0.2, 0) is 4.74 Å². The summed E-state index contributed by atoms with van der Waals surface area (Å²) in [5.74, 6) is -0.141. The van der Waals surface area contributed by atoms with Crippen molar-refractivity contribution in [3.63, 3.8) is 0 Å². The summed E-state index contributed by atoms with van der Waals surface area (Å²) in [6, 6.07) is 8.25. The number of amides is 1. The third kappa shape index (κ3) is 4.42. The molecule has 1 saturated heterocycles. The molecule has 2 fully saturated rings. The van der Waals surface area contributed by atoms with Gasteiger partial charge in [-0.15, -0.1) is 0 Å². The van der Waals surface area contributed by atoms with Crippen LogP contribution in [0.3, 0.4) is 0 Å². The number of carbonyl (C=O) groups excluding carboxylic acids is 1. The minimum absolute atomic E-state index is 0.141. The monoisotopic (exact) mass is 401 g/mol. The number of fused-ring (bicyclic) bond motifs is 1. The SMILES string of the molecule is CC(C)(C)OC(=O)N1CCN([C@H]2CC[C@@H](n3ccc4c(F)cccc43)CC2)CC1. The van der Waals surface area contributed by atoms with Crippen LogP contribution >= 0.6 is 0 Å². The summed E-state index contributed by atoms with van der Waals surface area (Å²) in [6.45, 7) is 9.00. The Labute approximate surface area is 172 Å². The van der Waals surface area contributed by atoms with Crippen molar-refractivity contribution in [3.8, 4) is 0 Å². The number of ether oxygens (including phenoxy) is 1. The fourth-order valence-electron chi connectivity index (χ4n) is 4.77. The highest BCUT2D eigenvalue weighted by molar-refractivity contribution is 5.80. The molecule has 2 heterocycles. The Kier molecular flexibility index (Phi) is 5.56. The van der Waals surface area contributed by atoms with Crippen LogP contribution < -0.4 is 0 Å². The molecule has 2 aromatic rings. The zero-order valence-electron chi connectivity index (χ0n) is 17.7. The highest BCUT2D eigenvalue weighted by Gasteiger charge is 2.31. The van der Waals surface area contributed by atoms with E-state index in [1.807, 2.05) is 44.0 Å². The minimum Gasteiger partial charge on any atom is -0.444 e. The number of nitrogens with zero attached hydrogens (tertiary/aromatic N) is 3. The lowest BCUT2D eigenvalue weighted by Gasteiger charge is -2.42. The van der Waals surface area contributed by atoms with Crippen molar-refractivity contribution < 1.29 is 13.9 Å². The number of hydrogen-bond acceptors (Lipinski definition) is 3. The van der Waals surface area contributed by atoms with Crippen molar-refractivity contribution in [2.75, 3.05) is 26.2 Å². The first-order valence-corrected chi connectivity index (χ1v) is 10.8. The second-order valence-electron chi connectivity index (χ2n) is 9.36. The highest BCUT2D eigenvalue weighted by Crippen LogP contribution is 2.34. The van der Waals surface area contributed by atoms with E-state index in [-0.39, 0.29) is 11.9 Å². The number of hydrogen-bond donors (Lipinski definition) is 0. The number of carbonyl (C=O) groups is 1. The predicted molar refractivity (Wildman–Crippen MR) is 113 cm³/mol. The molecule has 158 valence electrons. The van der Waals surface area contributed by atoms with Gasteiger partial charge in [-0.25, -0.2) is 9.18 Å². The summed E-state index contributed by atoms with van der Waals surface area (Å²) in [7, 11) is 0. The summed E-state index contributed by atoms with van der Waals surface area (Å²) < 4.78 is 21.7. The van der Waals surface area contributed by atoms with E-state index in [1.54, 1.807) is 6.07 Å². The van der Waals surface area contributed by atoms with Gasteiger partial charge in [-0.3, -0.25) is 4.90 Å². The van der Waals surface area contributed by atoms with Gasteiger partial charge in [0.2, 0.25) is 0 Å². The number of piperazine rings is 1. The van der Waals surface area contributed by atoms with Crippen LogP contribution in [0.4, 0.5) is 9.18 Å². The van der Waals surface area contributed by atoms with E-state index >= 15 is 0 Å². The van der Waals surface area contributed by atoms with Gasteiger partial charge >= 0.3 is 6.09 Å². The van der Waals surface area contributed by atoms with E-state index in [1.165, 1.54) is 6.07 Å².